The van der Waals surface area contributed by atoms with Crippen molar-refractivity contribution >= 4 is 27.7 Å². The third-order valence-corrected chi connectivity index (χ3v) is 4.92. The minimum atomic E-state index is 0.392. The third kappa shape index (κ3) is 3.90. The van der Waals surface area contributed by atoms with E-state index < -0.39 is 0 Å². The van der Waals surface area contributed by atoms with E-state index in [4.69, 9.17) is 9.47 Å². The number of halogens is 1. The van der Waals surface area contributed by atoms with E-state index in [0.29, 0.717) is 11.4 Å². The smallest absolute Gasteiger partial charge is 0.133 e. The molecule has 2 nitrogen and oxygen atoms in total. The number of hydrogen-bond acceptors (Lipinski definition) is 3. The summed E-state index contributed by atoms with van der Waals surface area (Å²) in [6, 6.07) is 7.95. The molecule has 0 amide bonds. The topological polar surface area (TPSA) is 18.5 Å². The van der Waals surface area contributed by atoms with E-state index >= 15 is 0 Å². The summed E-state index contributed by atoms with van der Waals surface area (Å²) in [5, 5.41) is 0.637. The molecule has 94 valence electrons. The molecule has 1 aliphatic heterocycles. The second-order valence-corrected chi connectivity index (χ2v) is 6.25. The van der Waals surface area contributed by atoms with Crippen LogP contribution in [0.3, 0.4) is 0 Å². The molecular formula is C13H17BrO2S. The van der Waals surface area contributed by atoms with Crippen molar-refractivity contribution in [2.45, 2.75) is 24.7 Å². The third-order valence-electron chi connectivity index (χ3n) is 2.82. The van der Waals surface area contributed by atoms with Crippen LogP contribution in [0.1, 0.15) is 13.3 Å². The minimum Gasteiger partial charge on any atom is -0.492 e. The Labute approximate surface area is 115 Å². The lowest BCUT2D eigenvalue weighted by molar-refractivity contribution is 0.127. The van der Waals surface area contributed by atoms with Crippen LogP contribution in [0.4, 0.5) is 0 Å². The standard InChI is InChI=1S/C13H17BrO2S/c1-10-13(6-7-15-10)17-9-8-16-12-5-3-2-4-11(12)14/h2-5,10,13H,6-9H2,1H3/t10-,13+/m1/s1. The molecule has 2 atom stereocenters. The van der Waals surface area contributed by atoms with Gasteiger partial charge in [0.25, 0.3) is 0 Å². The first-order valence-corrected chi connectivity index (χ1v) is 7.72. The molecule has 1 aromatic carbocycles. The molecule has 0 saturated carbocycles. The van der Waals surface area contributed by atoms with Gasteiger partial charge in [0.05, 0.1) is 17.2 Å². The van der Waals surface area contributed by atoms with E-state index in [9.17, 15) is 0 Å². The number of hydrogen-bond donors (Lipinski definition) is 0. The van der Waals surface area contributed by atoms with Crippen molar-refractivity contribution in [1.29, 1.82) is 0 Å². The van der Waals surface area contributed by atoms with Crippen LogP contribution in [0.2, 0.25) is 0 Å². The lowest BCUT2D eigenvalue weighted by Gasteiger charge is -2.14. The lowest BCUT2D eigenvalue weighted by atomic mass is 10.3. The molecular weight excluding hydrogens is 300 g/mol. The van der Waals surface area contributed by atoms with Crippen molar-refractivity contribution in [3.05, 3.63) is 28.7 Å². The molecule has 2 rings (SSSR count). The monoisotopic (exact) mass is 316 g/mol. The van der Waals surface area contributed by atoms with Crippen LogP contribution < -0.4 is 4.74 Å². The zero-order chi connectivity index (χ0) is 12.1. The molecule has 0 spiro atoms. The summed E-state index contributed by atoms with van der Waals surface area (Å²) in [4.78, 5) is 0. The van der Waals surface area contributed by atoms with Crippen LogP contribution in [0.15, 0.2) is 28.7 Å². The van der Waals surface area contributed by atoms with E-state index in [-0.39, 0.29) is 0 Å². The van der Waals surface area contributed by atoms with Crippen molar-refractivity contribution in [3.8, 4) is 5.75 Å². The predicted molar refractivity (Wildman–Crippen MR) is 75.9 cm³/mol. The normalized spacial score (nSPS) is 23.9. The van der Waals surface area contributed by atoms with Gasteiger partial charge in [-0.15, -0.1) is 0 Å². The summed E-state index contributed by atoms with van der Waals surface area (Å²) in [6.07, 6.45) is 1.56. The average Bonchev–Trinajstić information content (AvgIpc) is 2.73. The highest BCUT2D eigenvalue weighted by Gasteiger charge is 2.24. The molecule has 1 aromatic rings. The molecule has 17 heavy (non-hydrogen) atoms. The molecule has 0 unspecified atom stereocenters. The summed E-state index contributed by atoms with van der Waals surface area (Å²) >= 11 is 5.42. The molecule has 4 heteroatoms. The molecule has 0 radical (unpaired) electrons. The molecule has 1 saturated heterocycles. The van der Waals surface area contributed by atoms with Gasteiger partial charge in [-0.1, -0.05) is 12.1 Å². The molecule has 1 fully saturated rings. The second kappa shape index (κ2) is 6.66. The second-order valence-electron chi connectivity index (χ2n) is 4.05. The number of benzene rings is 1. The molecule has 1 aliphatic rings. The van der Waals surface area contributed by atoms with Crippen LogP contribution in [0.5, 0.6) is 5.75 Å². The first kappa shape index (κ1) is 13.2. The molecule has 1 heterocycles. The zero-order valence-corrected chi connectivity index (χ0v) is 12.3. The summed E-state index contributed by atoms with van der Waals surface area (Å²) < 4.78 is 12.3. The van der Waals surface area contributed by atoms with E-state index in [0.717, 1.165) is 29.2 Å². The number of para-hydroxylation sites is 1. The van der Waals surface area contributed by atoms with Crippen LogP contribution >= 0.6 is 27.7 Å². The van der Waals surface area contributed by atoms with Gasteiger partial charge in [0, 0.05) is 17.6 Å². The zero-order valence-electron chi connectivity index (χ0n) is 9.90. The summed E-state index contributed by atoms with van der Waals surface area (Å²) in [5.74, 6) is 1.93. The van der Waals surface area contributed by atoms with Crippen LogP contribution in [0, 0.1) is 0 Å². The van der Waals surface area contributed by atoms with Gasteiger partial charge < -0.3 is 9.47 Å². The van der Waals surface area contributed by atoms with Crippen molar-refractivity contribution < 1.29 is 9.47 Å². The van der Waals surface area contributed by atoms with Crippen molar-refractivity contribution in [3.63, 3.8) is 0 Å². The van der Waals surface area contributed by atoms with Crippen LogP contribution in [-0.4, -0.2) is 30.3 Å². The van der Waals surface area contributed by atoms with Gasteiger partial charge >= 0.3 is 0 Å². The van der Waals surface area contributed by atoms with E-state index in [2.05, 4.69) is 22.9 Å². The fourth-order valence-electron chi connectivity index (χ4n) is 1.84. The van der Waals surface area contributed by atoms with Gasteiger partial charge in [-0.3, -0.25) is 0 Å². The highest BCUT2D eigenvalue weighted by atomic mass is 79.9. The van der Waals surface area contributed by atoms with E-state index in [1.165, 1.54) is 6.42 Å². The quantitative estimate of drug-likeness (QED) is 0.771. The first-order chi connectivity index (χ1) is 8.27. The van der Waals surface area contributed by atoms with E-state index in [1.54, 1.807) is 0 Å². The Balaban J connectivity index is 1.68. The summed E-state index contributed by atoms with van der Waals surface area (Å²) in [7, 11) is 0. The lowest BCUT2D eigenvalue weighted by Crippen LogP contribution is -2.15. The van der Waals surface area contributed by atoms with Crippen LogP contribution in [0.25, 0.3) is 0 Å². The van der Waals surface area contributed by atoms with E-state index in [1.807, 2.05) is 36.0 Å². The SMILES string of the molecule is C[C@H]1OCC[C@@H]1SCCOc1ccccc1Br. The summed E-state index contributed by atoms with van der Waals surface area (Å²) in [5.41, 5.74) is 0. The molecule has 0 N–H and O–H groups in total. The Kier molecular flexibility index (Phi) is 5.19. The fraction of sp³-hybridized carbons (Fsp3) is 0.538. The average molecular weight is 317 g/mol. The Hall–Kier alpha value is -0.190. The highest BCUT2D eigenvalue weighted by Crippen LogP contribution is 2.27. The first-order valence-electron chi connectivity index (χ1n) is 5.88. The Bertz CT molecular complexity index is 359. The minimum absolute atomic E-state index is 0.392. The van der Waals surface area contributed by atoms with Crippen LogP contribution in [-0.2, 0) is 4.74 Å². The van der Waals surface area contributed by atoms with Gasteiger partial charge in [0.1, 0.15) is 5.75 Å². The van der Waals surface area contributed by atoms with Gasteiger partial charge in [0.15, 0.2) is 0 Å². The van der Waals surface area contributed by atoms with Gasteiger partial charge in [-0.25, -0.2) is 0 Å². The largest absolute Gasteiger partial charge is 0.492 e. The Morgan fingerprint density at radius 3 is 3.00 bits per heavy atom. The van der Waals surface area contributed by atoms with Gasteiger partial charge in [-0.2, -0.15) is 11.8 Å². The number of rotatable bonds is 5. The molecule has 0 aliphatic carbocycles. The fourth-order valence-corrected chi connectivity index (χ4v) is 3.34. The number of thioether (sulfide) groups is 1. The maximum atomic E-state index is 5.72. The Morgan fingerprint density at radius 2 is 2.29 bits per heavy atom. The maximum absolute atomic E-state index is 5.72. The Morgan fingerprint density at radius 1 is 1.47 bits per heavy atom. The van der Waals surface area contributed by atoms with Crippen molar-refractivity contribution in [1.82, 2.24) is 0 Å². The van der Waals surface area contributed by atoms with Crippen molar-refractivity contribution in [2.75, 3.05) is 19.0 Å². The van der Waals surface area contributed by atoms with Crippen molar-refractivity contribution in [2.24, 2.45) is 0 Å². The summed E-state index contributed by atoms with van der Waals surface area (Å²) in [6.45, 7) is 3.81. The predicted octanol–water partition coefficient (Wildman–Crippen LogP) is 3.74. The molecule has 0 bridgehead atoms. The molecule has 0 aromatic heterocycles. The van der Waals surface area contributed by atoms with Gasteiger partial charge in [-0.05, 0) is 41.4 Å². The highest BCUT2D eigenvalue weighted by molar-refractivity contribution is 9.10. The number of ether oxygens (including phenoxy) is 2. The van der Waals surface area contributed by atoms with Gasteiger partial charge in [0.2, 0.25) is 0 Å². The maximum Gasteiger partial charge on any atom is 0.133 e.